The Morgan fingerprint density at radius 1 is 1.40 bits per heavy atom. The Balaban J connectivity index is 2.59. The van der Waals surface area contributed by atoms with Crippen LogP contribution < -0.4 is 0 Å². The lowest BCUT2D eigenvalue weighted by Gasteiger charge is -2.20. The summed E-state index contributed by atoms with van der Waals surface area (Å²) in [6.07, 6.45) is 2.75. The molecule has 0 spiro atoms. The molecule has 1 atom stereocenters. The maximum absolute atomic E-state index is 11.9. The standard InChI is InChI=1S/C11H18ClNO2/c1-3-11(2)8-9(14)13(10(11)15)7-5-4-6-12/h3-8H2,1-2H3/t11-/m1/s1. The van der Waals surface area contributed by atoms with Gasteiger partial charge in [-0.15, -0.1) is 11.6 Å². The van der Waals surface area contributed by atoms with Gasteiger partial charge in [-0.1, -0.05) is 13.8 Å². The highest BCUT2D eigenvalue weighted by Crippen LogP contribution is 2.35. The van der Waals surface area contributed by atoms with Gasteiger partial charge in [-0.2, -0.15) is 0 Å². The second-order valence-electron chi connectivity index (χ2n) is 4.34. The first-order valence-corrected chi connectivity index (χ1v) is 5.99. The SMILES string of the molecule is CC[C@]1(C)CC(=O)N(CCCCCl)C1=O. The molecule has 0 N–H and O–H groups in total. The topological polar surface area (TPSA) is 37.4 Å². The Hall–Kier alpha value is -0.570. The largest absolute Gasteiger partial charge is 0.282 e. The monoisotopic (exact) mass is 231 g/mol. The van der Waals surface area contributed by atoms with E-state index < -0.39 is 5.41 Å². The number of unbranched alkanes of at least 4 members (excludes halogenated alkanes) is 1. The van der Waals surface area contributed by atoms with Crippen LogP contribution in [0.5, 0.6) is 0 Å². The fourth-order valence-electron chi connectivity index (χ4n) is 1.81. The zero-order valence-electron chi connectivity index (χ0n) is 9.38. The summed E-state index contributed by atoms with van der Waals surface area (Å²) in [7, 11) is 0. The van der Waals surface area contributed by atoms with Crippen molar-refractivity contribution >= 4 is 23.4 Å². The minimum atomic E-state index is -0.460. The van der Waals surface area contributed by atoms with Crippen molar-refractivity contribution in [2.24, 2.45) is 5.41 Å². The maximum atomic E-state index is 11.9. The van der Waals surface area contributed by atoms with Crippen LogP contribution in [0.15, 0.2) is 0 Å². The van der Waals surface area contributed by atoms with Crippen molar-refractivity contribution in [3.05, 3.63) is 0 Å². The number of likely N-dealkylation sites (tertiary alicyclic amines) is 1. The molecule has 0 aromatic heterocycles. The summed E-state index contributed by atoms with van der Waals surface area (Å²) in [6.45, 7) is 4.35. The van der Waals surface area contributed by atoms with Crippen LogP contribution in [0.4, 0.5) is 0 Å². The highest BCUT2D eigenvalue weighted by molar-refractivity contribution is 6.17. The van der Waals surface area contributed by atoms with Gasteiger partial charge < -0.3 is 0 Å². The van der Waals surface area contributed by atoms with Gasteiger partial charge in [0, 0.05) is 18.8 Å². The molecule has 0 radical (unpaired) electrons. The number of alkyl halides is 1. The number of carbonyl (C=O) groups excluding carboxylic acids is 2. The normalized spacial score (nSPS) is 26.5. The fraction of sp³-hybridized carbons (Fsp3) is 0.818. The number of carbonyl (C=O) groups is 2. The minimum absolute atomic E-state index is 0.00966. The zero-order chi connectivity index (χ0) is 11.5. The molecule has 15 heavy (non-hydrogen) atoms. The van der Waals surface area contributed by atoms with Crippen LogP contribution in [0.2, 0.25) is 0 Å². The predicted molar refractivity (Wildman–Crippen MR) is 59.7 cm³/mol. The van der Waals surface area contributed by atoms with E-state index >= 15 is 0 Å². The molecule has 1 aliphatic heterocycles. The van der Waals surface area contributed by atoms with Crippen LogP contribution >= 0.6 is 11.6 Å². The molecule has 0 aliphatic carbocycles. The molecule has 1 heterocycles. The average molecular weight is 232 g/mol. The van der Waals surface area contributed by atoms with Crippen molar-refractivity contribution in [3.8, 4) is 0 Å². The van der Waals surface area contributed by atoms with Crippen molar-refractivity contribution in [2.45, 2.75) is 39.5 Å². The van der Waals surface area contributed by atoms with Crippen molar-refractivity contribution in [2.75, 3.05) is 12.4 Å². The number of hydrogen-bond acceptors (Lipinski definition) is 2. The van der Waals surface area contributed by atoms with Crippen LogP contribution in [0.25, 0.3) is 0 Å². The summed E-state index contributed by atoms with van der Waals surface area (Å²) < 4.78 is 0. The number of nitrogens with zero attached hydrogens (tertiary/aromatic N) is 1. The van der Waals surface area contributed by atoms with Crippen molar-refractivity contribution in [1.82, 2.24) is 4.90 Å². The quantitative estimate of drug-likeness (QED) is 0.413. The molecule has 0 saturated carbocycles. The van der Waals surface area contributed by atoms with Crippen LogP contribution in [0, 0.1) is 5.41 Å². The summed E-state index contributed by atoms with van der Waals surface area (Å²) in [4.78, 5) is 25.0. The van der Waals surface area contributed by atoms with Crippen molar-refractivity contribution in [1.29, 1.82) is 0 Å². The van der Waals surface area contributed by atoms with Gasteiger partial charge in [0.25, 0.3) is 0 Å². The predicted octanol–water partition coefficient (Wildman–Crippen LogP) is 2.18. The average Bonchev–Trinajstić information content (AvgIpc) is 2.42. The van der Waals surface area contributed by atoms with E-state index in [1.807, 2.05) is 13.8 Å². The summed E-state index contributed by atoms with van der Waals surface area (Å²) in [5.74, 6) is 0.546. The summed E-state index contributed by atoms with van der Waals surface area (Å²) in [5.41, 5.74) is -0.460. The second-order valence-corrected chi connectivity index (χ2v) is 4.72. The van der Waals surface area contributed by atoms with Crippen LogP contribution in [-0.2, 0) is 9.59 Å². The fourth-order valence-corrected chi connectivity index (χ4v) is 2.00. The number of imide groups is 1. The molecule has 0 aromatic carbocycles. The lowest BCUT2D eigenvalue weighted by atomic mass is 9.86. The number of rotatable bonds is 5. The minimum Gasteiger partial charge on any atom is -0.282 e. The van der Waals surface area contributed by atoms with Gasteiger partial charge in [0.2, 0.25) is 11.8 Å². The summed E-state index contributed by atoms with van der Waals surface area (Å²) in [5, 5.41) is 0. The molecule has 4 heteroatoms. The molecule has 1 fully saturated rings. The van der Waals surface area contributed by atoms with Gasteiger partial charge >= 0.3 is 0 Å². The molecular formula is C11H18ClNO2. The van der Waals surface area contributed by atoms with Crippen LogP contribution in [-0.4, -0.2) is 29.1 Å². The maximum Gasteiger partial charge on any atom is 0.235 e. The molecule has 3 nitrogen and oxygen atoms in total. The van der Waals surface area contributed by atoms with Crippen LogP contribution in [0.3, 0.4) is 0 Å². The van der Waals surface area contributed by atoms with Gasteiger partial charge in [-0.25, -0.2) is 0 Å². The summed E-state index contributed by atoms with van der Waals surface area (Å²) in [6, 6.07) is 0. The van der Waals surface area contributed by atoms with Crippen molar-refractivity contribution < 1.29 is 9.59 Å². The van der Waals surface area contributed by atoms with E-state index in [0.717, 1.165) is 19.3 Å². The van der Waals surface area contributed by atoms with Gasteiger partial charge in [0.15, 0.2) is 0 Å². The Morgan fingerprint density at radius 2 is 2.07 bits per heavy atom. The Bertz CT molecular complexity index is 267. The lowest BCUT2D eigenvalue weighted by molar-refractivity contribution is -0.141. The van der Waals surface area contributed by atoms with E-state index in [4.69, 9.17) is 11.6 Å². The van der Waals surface area contributed by atoms with E-state index in [-0.39, 0.29) is 11.8 Å². The molecule has 0 unspecified atom stereocenters. The van der Waals surface area contributed by atoms with Crippen LogP contribution in [0.1, 0.15) is 39.5 Å². The second kappa shape index (κ2) is 4.97. The van der Waals surface area contributed by atoms with Gasteiger partial charge in [-0.3, -0.25) is 14.5 Å². The molecule has 1 rings (SSSR count). The third-order valence-corrected chi connectivity index (χ3v) is 3.42. The third-order valence-electron chi connectivity index (χ3n) is 3.15. The lowest BCUT2D eigenvalue weighted by Crippen LogP contribution is -2.34. The van der Waals surface area contributed by atoms with E-state index in [0.29, 0.717) is 18.8 Å². The number of halogens is 1. The Morgan fingerprint density at radius 3 is 2.53 bits per heavy atom. The van der Waals surface area contributed by atoms with Gasteiger partial charge in [0.1, 0.15) is 0 Å². The smallest absolute Gasteiger partial charge is 0.235 e. The Labute approximate surface area is 95.8 Å². The Kier molecular flexibility index (Phi) is 4.14. The summed E-state index contributed by atoms with van der Waals surface area (Å²) >= 11 is 5.55. The molecule has 1 aliphatic rings. The van der Waals surface area contributed by atoms with E-state index in [9.17, 15) is 9.59 Å². The number of hydrogen-bond donors (Lipinski definition) is 0. The van der Waals surface area contributed by atoms with Gasteiger partial charge in [-0.05, 0) is 19.3 Å². The molecule has 86 valence electrons. The zero-order valence-corrected chi connectivity index (χ0v) is 10.1. The first-order valence-electron chi connectivity index (χ1n) is 5.46. The van der Waals surface area contributed by atoms with E-state index in [1.54, 1.807) is 0 Å². The molecule has 2 amide bonds. The number of amides is 2. The highest BCUT2D eigenvalue weighted by Gasteiger charge is 2.46. The third kappa shape index (κ3) is 2.51. The molecule has 1 saturated heterocycles. The van der Waals surface area contributed by atoms with Gasteiger partial charge in [0.05, 0.1) is 5.41 Å². The molecular weight excluding hydrogens is 214 g/mol. The molecule has 0 aromatic rings. The molecule has 0 bridgehead atoms. The first-order chi connectivity index (χ1) is 7.05. The van der Waals surface area contributed by atoms with E-state index in [1.165, 1.54) is 4.90 Å². The van der Waals surface area contributed by atoms with Crippen molar-refractivity contribution in [3.63, 3.8) is 0 Å². The first kappa shape index (κ1) is 12.5. The van der Waals surface area contributed by atoms with E-state index in [2.05, 4.69) is 0 Å². The highest BCUT2D eigenvalue weighted by atomic mass is 35.5.